The Morgan fingerprint density at radius 1 is 0.947 bits per heavy atom. The van der Waals surface area contributed by atoms with E-state index in [1.54, 1.807) is 18.5 Å². The van der Waals surface area contributed by atoms with Gasteiger partial charge in [-0.2, -0.15) is 0 Å². The van der Waals surface area contributed by atoms with Crippen LogP contribution in [-0.4, -0.2) is 17.5 Å². The summed E-state index contributed by atoms with van der Waals surface area (Å²) >= 11 is 0. The van der Waals surface area contributed by atoms with Crippen molar-refractivity contribution < 1.29 is 13.9 Å². The Hall–Kier alpha value is -4.90. The highest BCUT2D eigenvalue weighted by molar-refractivity contribution is 6.09. The molecule has 0 aliphatic carbocycles. The molecule has 0 unspecified atom stereocenters. The molecule has 0 spiro atoms. The Bertz CT molecular complexity index is 1840. The molecule has 5 heteroatoms. The molecule has 0 fully saturated rings. The summed E-state index contributed by atoms with van der Waals surface area (Å²) in [6, 6.07) is 28.2. The molecule has 1 N–H and O–H groups in total. The lowest BCUT2D eigenvalue weighted by atomic mass is 9.97. The fourth-order valence-electron chi connectivity index (χ4n) is 4.87. The highest BCUT2D eigenvalue weighted by Crippen LogP contribution is 2.38. The standard InChI is InChI=1S/C33H26N2O3/c1-3-37-31-19-32-27(28(20-38-32)24-14-13-22-8-4-5-9-23(22)17-24)18-26(31)21(2)16-33(36)35-30-12-6-11-29-25(30)10-7-15-34-29/h4-20H,3H2,1-2H3,(H,35,36)/b21-16+. The van der Waals surface area contributed by atoms with E-state index in [-0.39, 0.29) is 5.91 Å². The van der Waals surface area contributed by atoms with Crippen LogP contribution in [0.15, 0.2) is 108 Å². The monoisotopic (exact) mass is 498 g/mol. The van der Waals surface area contributed by atoms with Crippen molar-refractivity contribution in [2.75, 3.05) is 11.9 Å². The Kier molecular flexibility index (Phi) is 6.10. The molecule has 6 rings (SSSR count). The molecule has 5 nitrogen and oxygen atoms in total. The number of furan rings is 1. The van der Waals surface area contributed by atoms with Crippen molar-refractivity contribution in [3.05, 3.63) is 109 Å². The second-order valence-electron chi connectivity index (χ2n) is 9.18. The first-order valence-corrected chi connectivity index (χ1v) is 12.6. The number of hydrogen-bond donors (Lipinski definition) is 1. The maximum Gasteiger partial charge on any atom is 0.248 e. The zero-order valence-corrected chi connectivity index (χ0v) is 21.2. The molecular formula is C33H26N2O3. The second kappa shape index (κ2) is 9.87. The number of benzene rings is 4. The van der Waals surface area contributed by atoms with Crippen LogP contribution in [0, 0.1) is 0 Å². The lowest BCUT2D eigenvalue weighted by Crippen LogP contribution is -2.09. The lowest BCUT2D eigenvalue weighted by molar-refractivity contribution is -0.111. The van der Waals surface area contributed by atoms with Gasteiger partial charge in [0.2, 0.25) is 5.91 Å². The Labute approximate surface area is 220 Å². The first-order chi connectivity index (χ1) is 18.6. The number of fused-ring (bicyclic) bond motifs is 3. The van der Waals surface area contributed by atoms with Crippen molar-refractivity contribution in [1.29, 1.82) is 0 Å². The smallest absolute Gasteiger partial charge is 0.248 e. The third-order valence-corrected chi connectivity index (χ3v) is 6.71. The van der Waals surface area contributed by atoms with Gasteiger partial charge in [0.05, 0.1) is 24.1 Å². The minimum absolute atomic E-state index is 0.219. The third-order valence-electron chi connectivity index (χ3n) is 6.71. The van der Waals surface area contributed by atoms with Crippen LogP contribution in [0.25, 0.3) is 49.3 Å². The van der Waals surface area contributed by atoms with E-state index >= 15 is 0 Å². The van der Waals surface area contributed by atoms with E-state index in [0.29, 0.717) is 12.4 Å². The van der Waals surface area contributed by atoms with Crippen LogP contribution in [-0.2, 0) is 4.79 Å². The number of aromatic nitrogens is 1. The Morgan fingerprint density at radius 3 is 2.68 bits per heavy atom. The molecule has 2 aromatic heterocycles. The van der Waals surface area contributed by atoms with Crippen LogP contribution in [0.5, 0.6) is 5.75 Å². The van der Waals surface area contributed by atoms with Crippen LogP contribution < -0.4 is 10.1 Å². The highest BCUT2D eigenvalue weighted by Gasteiger charge is 2.16. The van der Waals surface area contributed by atoms with Gasteiger partial charge >= 0.3 is 0 Å². The van der Waals surface area contributed by atoms with Gasteiger partial charge in [-0.3, -0.25) is 9.78 Å². The summed E-state index contributed by atoms with van der Waals surface area (Å²) < 4.78 is 11.9. The van der Waals surface area contributed by atoms with E-state index in [1.165, 1.54) is 10.8 Å². The number of ether oxygens (including phenoxy) is 1. The fraction of sp³-hybridized carbons (Fsp3) is 0.0909. The van der Waals surface area contributed by atoms with E-state index in [1.807, 2.05) is 62.4 Å². The SMILES string of the molecule is CCOc1cc2occ(-c3ccc4ccccc4c3)c2cc1/C(C)=C/C(=O)Nc1cccc2ncccc12. The van der Waals surface area contributed by atoms with Gasteiger partial charge in [0.15, 0.2) is 0 Å². The van der Waals surface area contributed by atoms with Gasteiger partial charge < -0.3 is 14.5 Å². The molecule has 1 amide bonds. The van der Waals surface area contributed by atoms with Crippen molar-refractivity contribution in [3.8, 4) is 16.9 Å². The van der Waals surface area contributed by atoms with Crippen molar-refractivity contribution in [1.82, 2.24) is 4.98 Å². The van der Waals surface area contributed by atoms with Crippen LogP contribution in [0.2, 0.25) is 0 Å². The fourth-order valence-corrected chi connectivity index (χ4v) is 4.87. The van der Waals surface area contributed by atoms with Gasteiger partial charge in [0, 0.05) is 40.2 Å². The number of nitrogens with one attached hydrogen (secondary N) is 1. The predicted octanol–water partition coefficient (Wildman–Crippen LogP) is 8.24. The van der Waals surface area contributed by atoms with Crippen LogP contribution in [0.1, 0.15) is 19.4 Å². The van der Waals surface area contributed by atoms with Gasteiger partial charge in [-0.05, 0) is 72.2 Å². The summed E-state index contributed by atoms with van der Waals surface area (Å²) in [5.74, 6) is 0.457. The van der Waals surface area contributed by atoms with Gasteiger partial charge in [0.25, 0.3) is 0 Å². The average Bonchev–Trinajstić information content (AvgIpc) is 3.35. The topological polar surface area (TPSA) is 64.4 Å². The molecule has 38 heavy (non-hydrogen) atoms. The molecule has 0 atom stereocenters. The Morgan fingerprint density at radius 2 is 1.82 bits per heavy atom. The number of nitrogens with zero attached hydrogens (tertiary/aromatic N) is 1. The number of anilines is 1. The number of allylic oxidation sites excluding steroid dienone is 1. The zero-order valence-electron chi connectivity index (χ0n) is 21.2. The third kappa shape index (κ3) is 4.39. The number of amides is 1. The largest absolute Gasteiger partial charge is 0.493 e. The first-order valence-electron chi connectivity index (χ1n) is 12.6. The molecule has 186 valence electrons. The molecular weight excluding hydrogens is 472 g/mol. The van der Waals surface area contributed by atoms with Crippen molar-refractivity contribution >= 4 is 49.8 Å². The number of rotatable bonds is 6. The quantitative estimate of drug-likeness (QED) is 0.235. The zero-order chi connectivity index (χ0) is 26.1. The summed E-state index contributed by atoms with van der Waals surface area (Å²) in [5.41, 5.74) is 5.99. The number of hydrogen-bond acceptors (Lipinski definition) is 4. The summed E-state index contributed by atoms with van der Waals surface area (Å²) in [6.45, 7) is 4.36. The minimum atomic E-state index is -0.219. The van der Waals surface area contributed by atoms with Gasteiger partial charge in [-0.25, -0.2) is 0 Å². The number of carbonyl (C=O) groups excluding carboxylic acids is 1. The second-order valence-corrected chi connectivity index (χ2v) is 9.18. The van der Waals surface area contributed by atoms with Gasteiger partial charge in [-0.15, -0.1) is 0 Å². The maximum atomic E-state index is 13.1. The van der Waals surface area contributed by atoms with E-state index in [9.17, 15) is 4.79 Å². The molecule has 6 aromatic rings. The van der Waals surface area contributed by atoms with Crippen LogP contribution >= 0.6 is 0 Å². The summed E-state index contributed by atoms with van der Waals surface area (Å²) in [7, 11) is 0. The maximum absolute atomic E-state index is 13.1. The molecule has 0 saturated carbocycles. The van der Waals surface area contributed by atoms with Gasteiger partial charge in [-0.1, -0.05) is 42.5 Å². The summed E-state index contributed by atoms with van der Waals surface area (Å²) in [5, 5.41) is 7.22. The van der Waals surface area contributed by atoms with E-state index in [2.05, 4.69) is 46.7 Å². The van der Waals surface area contributed by atoms with Crippen molar-refractivity contribution in [3.63, 3.8) is 0 Å². The lowest BCUT2D eigenvalue weighted by Gasteiger charge is -2.12. The average molecular weight is 499 g/mol. The number of pyridine rings is 1. The van der Waals surface area contributed by atoms with Crippen molar-refractivity contribution in [2.45, 2.75) is 13.8 Å². The molecule has 4 aromatic carbocycles. The van der Waals surface area contributed by atoms with Crippen molar-refractivity contribution in [2.24, 2.45) is 0 Å². The Balaban J connectivity index is 1.38. The van der Waals surface area contributed by atoms with E-state index < -0.39 is 0 Å². The normalized spacial score (nSPS) is 11.8. The van der Waals surface area contributed by atoms with E-state index in [0.717, 1.165) is 49.8 Å². The first kappa shape index (κ1) is 23.5. The summed E-state index contributed by atoms with van der Waals surface area (Å²) in [6.07, 6.45) is 5.13. The van der Waals surface area contributed by atoms with Gasteiger partial charge in [0.1, 0.15) is 11.3 Å². The molecule has 0 saturated heterocycles. The molecule has 0 aliphatic rings. The molecule has 0 aliphatic heterocycles. The van der Waals surface area contributed by atoms with E-state index in [4.69, 9.17) is 9.15 Å². The highest BCUT2D eigenvalue weighted by atomic mass is 16.5. The number of carbonyl (C=O) groups is 1. The predicted molar refractivity (Wildman–Crippen MR) is 154 cm³/mol. The van der Waals surface area contributed by atoms with Crippen LogP contribution in [0.4, 0.5) is 5.69 Å². The molecule has 0 bridgehead atoms. The molecule has 2 heterocycles. The minimum Gasteiger partial charge on any atom is -0.493 e. The molecule has 0 radical (unpaired) electrons. The summed E-state index contributed by atoms with van der Waals surface area (Å²) in [4.78, 5) is 17.4. The van der Waals surface area contributed by atoms with Crippen LogP contribution in [0.3, 0.4) is 0 Å².